The van der Waals surface area contributed by atoms with E-state index in [1.165, 1.54) is 0 Å². The van der Waals surface area contributed by atoms with Gasteiger partial charge in [-0.25, -0.2) is 4.79 Å². The van der Waals surface area contributed by atoms with Crippen molar-refractivity contribution in [2.75, 3.05) is 26.2 Å². The predicted molar refractivity (Wildman–Crippen MR) is 93.0 cm³/mol. The van der Waals surface area contributed by atoms with E-state index < -0.39 is 0 Å². The number of aryl methyl sites for hydroxylation is 1. The highest BCUT2D eigenvalue weighted by molar-refractivity contribution is 5.74. The number of morpholine rings is 1. The van der Waals surface area contributed by atoms with Crippen LogP contribution >= 0.6 is 0 Å². The van der Waals surface area contributed by atoms with Crippen LogP contribution in [0.5, 0.6) is 0 Å². The molecule has 2 atom stereocenters. The highest BCUT2D eigenvalue weighted by atomic mass is 16.5. The number of urea groups is 1. The van der Waals surface area contributed by atoms with E-state index in [1.807, 2.05) is 45.8 Å². The number of ether oxygens (including phenoxy) is 1. The Bertz CT molecular complexity index is 668. The number of carbonyl (C=O) groups excluding carboxylic acids is 1. The fraction of sp³-hybridized carbons (Fsp3) is 0.588. The molecule has 0 aliphatic carbocycles. The number of hydrogen-bond donors (Lipinski definition) is 1. The third kappa shape index (κ3) is 4.60. The number of rotatable bonds is 6. The summed E-state index contributed by atoms with van der Waals surface area (Å²) in [6.07, 6.45) is 7.39. The number of amides is 2. The molecule has 1 aliphatic rings. The van der Waals surface area contributed by atoms with Gasteiger partial charge in [0.15, 0.2) is 0 Å². The van der Waals surface area contributed by atoms with Gasteiger partial charge in [0.2, 0.25) is 0 Å². The van der Waals surface area contributed by atoms with Crippen LogP contribution < -0.4 is 5.32 Å². The average Bonchev–Trinajstić information content (AvgIpc) is 3.31. The first-order valence-corrected chi connectivity index (χ1v) is 8.80. The van der Waals surface area contributed by atoms with Gasteiger partial charge in [0.25, 0.3) is 0 Å². The first kappa shape index (κ1) is 17.5. The molecule has 8 heteroatoms. The first-order valence-electron chi connectivity index (χ1n) is 8.80. The summed E-state index contributed by atoms with van der Waals surface area (Å²) in [5.41, 5.74) is 1.02. The maximum Gasteiger partial charge on any atom is 0.317 e. The maximum absolute atomic E-state index is 12.5. The van der Waals surface area contributed by atoms with Crippen molar-refractivity contribution in [1.29, 1.82) is 0 Å². The Hall–Kier alpha value is -2.35. The minimum atomic E-state index is -0.110. The van der Waals surface area contributed by atoms with Crippen LogP contribution in [0.3, 0.4) is 0 Å². The molecule has 3 heterocycles. The van der Waals surface area contributed by atoms with E-state index in [9.17, 15) is 4.79 Å². The Morgan fingerprint density at radius 2 is 2.32 bits per heavy atom. The number of aromatic nitrogens is 4. The van der Waals surface area contributed by atoms with Gasteiger partial charge in [-0.3, -0.25) is 9.36 Å². The summed E-state index contributed by atoms with van der Waals surface area (Å²) in [7, 11) is 0. The van der Waals surface area contributed by atoms with Crippen molar-refractivity contribution in [3.63, 3.8) is 0 Å². The van der Waals surface area contributed by atoms with Crippen LogP contribution in [0.15, 0.2) is 30.9 Å². The molecule has 3 rings (SSSR count). The molecule has 136 valence electrons. The second kappa shape index (κ2) is 8.15. The van der Waals surface area contributed by atoms with Crippen LogP contribution in [0.1, 0.15) is 25.5 Å². The molecule has 0 spiro atoms. The Morgan fingerprint density at radius 1 is 1.44 bits per heavy atom. The lowest BCUT2D eigenvalue weighted by molar-refractivity contribution is -0.0155. The summed E-state index contributed by atoms with van der Waals surface area (Å²) in [4.78, 5) is 14.3. The number of nitrogens with zero attached hydrogens (tertiary/aromatic N) is 5. The molecule has 0 unspecified atom stereocenters. The minimum Gasteiger partial charge on any atom is -0.370 e. The van der Waals surface area contributed by atoms with Crippen LogP contribution in [0.2, 0.25) is 0 Å². The molecule has 1 N–H and O–H groups in total. The second-order valence-electron chi connectivity index (χ2n) is 6.45. The van der Waals surface area contributed by atoms with E-state index in [1.54, 1.807) is 6.20 Å². The topological polar surface area (TPSA) is 77.2 Å². The molecular formula is C17H26N6O2. The van der Waals surface area contributed by atoms with Crippen molar-refractivity contribution in [3.05, 3.63) is 36.4 Å². The molecule has 1 aliphatic heterocycles. The van der Waals surface area contributed by atoms with Crippen molar-refractivity contribution in [2.45, 2.75) is 33.0 Å². The van der Waals surface area contributed by atoms with Gasteiger partial charge in [0, 0.05) is 50.3 Å². The van der Waals surface area contributed by atoms with Crippen LogP contribution in [0.4, 0.5) is 4.79 Å². The summed E-state index contributed by atoms with van der Waals surface area (Å²) in [5, 5.41) is 11.5. The molecule has 1 fully saturated rings. The first-order chi connectivity index (χ1) is 12.2. The highest BCUT2D eigenvalue weighted by Crippen LogP contribution is 2.21. The quantitative estimate of drug-likeness (QED) is 0.860. The van der Waals surface area contributed by atoms with Crippen molar-refractivity contribution in [3.8, 4) is 0 Å². The zero-order chi connectivity index (χ0) is 17.6. The molecule has 2 amide bonds. The van der Waals surface area contributed by atoms with E-state index in [2.05, 4.69) is 22.4 Å². The van der Waals surface area contributed by atoms with E-state index in [0.717, 1.165) is 18.7 Å². The number of carbonyl (C=O) groups is 1. The van der Waals surface area contributed by atoms with Gasteiger partial charge in [-0.15, -0.1) is 0 Å². The number of hydrogen-bond acceptors (Lipinski definition) is 4. The molecule has 8 nitrogen and oxygen atoms in total. The Balaban J connectivity index is 1.48. The van der Waals surface area contributed by atoms with E-state index in [0.29, 0.717) is 32.2 Å². The summed E-state index contributed by atoms with van der Waals surface area (Å²) in [6, 6.07) is 1.86. The zero-order valence-electron chi connectivity index (χ0n) is 14.8. The monoisotopic (exact) mass is 346 g/mol. The van der Waals surface area contributed by atoms with Crippen molar-refractivity contribution in [1.82, 2.24) is 29.8 Å². The lowest BCUT2D eigenvalue weighted by Crippen LogP contribution is -2.48. The van der Waals surface area contributed by atoms with Crippen LogP contribution in [0.25, 0.3) is 0 Å². The summed E-state index contributed by atoms with van der Waals surface area (Å²) in [5.74, 6) is 0.309. The minimum absolute atomic E-state index is 0.0384. The molecule has 0 bridgehead atoms. The molecule has 2 aromatic heterocycles. The Labute approximate surface area is 147 Å². The molecule has 1 saturated heterocycles. The average molecular weight is 346 g/mol. The van der Waals surface area contributed by atoms with E-state index in [4.69, 9.17) is 4.74 Å². The largest absolute Gasteiger partial charge is 0.370 e. The van der Waals surface area contributed by atoms with E-state index >= 15 is 0 Å². The zero-order valence-corrected chi connectivity index (χ0v) is 14.8. The smallest absolute Gasteiger partial charge is 0.317 e. The molecule has 0 radical (unpaired) electrons. The Morgan fingerprint density at radius 3 is 3.04 bits per heavy atom. The summed E-state index contributed by atoms with van der Waals surface area (Å²) >= 11 is 0. The third-order valence-corrected chi connectivity index (χ3v) is 4.36. The van der Waals surface area contributed by atoms with Gasteiger partial charge in [-0.2, -0.15) is 10.2 Å². The summed E-state index contributed by atoms with van der Waals surface area (Å²) in [6.45, 7) is 8.07. The van der Waals surface area contributed by atoms with Crippen LogP contribution in [-0.4, -0.2) is 56.7 Å². The van der Waals surface area contributed by atoms with Crippen molar-refractivity contribution < 1.29 is 9.53 Å². The molecular weight excluding hydrogens is 320 g/mol. The van der Waals surface area contributed by atoms with E-state index in [-0.39, 0.29) is 12.1 Å². The van der Waals surface area contributed by atoms with Gasteiger partial charge >= 0.3 is 6.03 Å². The molecule has 0 saturated carbocycles. The SMILES string of the molecule is CCn1cc([C@H]2CN(C(=O)NC[C@@H](C)Cn3cccn3)CCO2)cn1. The molecule has 2 aromatic rings. The van der Waals surface area contributed by atoms with Gasteiger partial charge in [0.1, 0.15) is 6.10 Å². The third-order valence-electron chi connectivity index (χ3n) is 4.36. The Kier molecular flexibility index (Phi) is 5.70. The van der Waals surface area contributed by atoms with Gasteiger partial charge in [0.05, 0.1) is 19.3 Å². The molecule has 25 heavy (non-hydrogen) atoms. The van der Waals surface area contributed by atoms with Gasteiger partial charge in [-0.05, 0) is 18.9 Å². The van der Waals surface area contributed by atoms with Crippen molar-refractivity contribution >= 4 is 6.03 Å². The standard InChI is InChI=1S/C17H26N6O2/c1-3-22-12-15(10-20-22)16-13-21(7-8-25-16)17(24)18-9-14(2)11-23-6-4-5-19-23/h4-6,10,12,14,16H,3,7-9,11,13H2,1-2H3,(H,18,24)/t14-,16-/m1/s1. The fourth-order valence-corrected chi connectivity index (χ4v) is 2.92. The maximum atomic E-state index is 12.5. The molecule has 0 aromatic carbocycles. The highest BCUT2D eigenvalue weighted by Gasteiger charge is 2.26. The van der Waals surface area contributed by atoms with Crippen LogP contribution in [0, 0.1) is 5.92 Å². The predicted octanol–water partition coefficient (Wildman–Crippen LogP) is 1.52. The lowest BCUT2D eigenvalue weighted by atomic mass is 10.1. The summed E-state index contributed by atoms with van der Waals surface area (Å²) < 4.78 is 9.56. The fourth-order valence-electron chi connectivity index (χ4n) is 2.92. The van der Waals surface area contributed by atoms with Crippen molar-refractivity contribution in [2.24, 2.45) is 5.92 Å². The van der Waals surface area contributed by atoms with Gasteiger partial charge in [-0.1, -0.05) is 6.92 Å². The normalized spacial score (nSPS) is 19.0. The van der Waals surface area contributed by atoms with Crippen LogP contribution in [-0.2, 0) is 17.8 Å². The number of nitrogens with one attached hydrogen (secondary N) is 1. The van der Waals surface area contributed by atoms with Gasteiger partial charge < -0.3 is 15.0 Å². The second-order valence-corrected chi connectivity index (χ2v) is 6.45. The lowest BCUT2D eigenvalue weighted by Gasteiger charge is -2.32.